The Morgan fingerprint density at radius 2 is 2.09 bits per heavy atom. The number of hydrogen-bond acceptors (Lipinski definition) is 2. The highest BCUT2D eigenvalue weighted by Crippen LogP contribution is 2.29. The lowest BCUT2D eigenvalue weighted by Gasteiger charge is -2.10. The summed E-state index contributed by atoms with van der Waals surface area (Å²) in [6.07, 6.45) is 1.81. The van der Waals surface area contributed by atoms with Gasteiger partial charge in [-0.1, -0.05) is 36.0 Å². The maximum Gasteiger partial charge on any atom is 0.150 e. The van der Waals surface area contributed by atoms with Crippen molar-refractivity contribution in [2.24, 2.45) is 0 Å². The second kappa shape index (κ2) is 2.62. The van der Waals surface area contributed by atoms with Gasteiger partial charge < -0.3 is 5.11 Å². The highest BCUT2D eigenvalue weighted by molar-refractivity contribution is 8.02. The van der Waals surface area contributed by atoms with Crippen molar-refractivity contribution in [3.63, 3.8) is 0 Å². The minimum atomic E-state index is 0.420. The number of hydrogen-bond donors (Lipinski definition) is 1. The van der Waals surface area contributed by atoms with Crippen molar-refractivity contribution in [1.29, 1.82) is 0 Å². The molecule has 1 aromatic rings. The number of aliphatic hydroxyl groups excluding tert-OH is 1. The van der Waals surface area contributed by atoms with Crippen LogP contribution in [-0.2, 0) is 5.75 Å². The Morgan fingerprint density at radius 3 is 3.00 bits per heavy atom. The molecular weight excluding hydrogens is 156 g/mol. The summed E-state index contributed by atoms with van der Waals surface area (Å²) in [5.41, 5.74) is 2.44. The van der Waals surface area contributed by atoms with E-state index in [1.54, 1.807) is 0 Å². The van der Waals surface area contributed by atoms with Crippen molar-refractivity contribution >= 4 is 17.8 Å². The predicted molar refractivity (Wildman–Crippen MR) is 48.3 cm³/mol. The molecule has 0 aliphatic carbocycles. The fourth-order valence-electron chi connectivity index (χ4n) is 1.13. The molecule has 1 aromatic carbocycles. The Balaban J connectivity index is 2.51. The van der Waals surface area contributed by atoms with Crippen molar-refractivity contribution in [3.05, 3.63) is 40.5 Å². The van der Waals surface area contributed by atoms with Gasteiger partial charge in [0.25, 0.3) is 0 Å². The highest BCUT2D eigenvalue weighted by atomic mass is 32.2. The maximum atomic E-state index is 9.18. The predicted octanol–water partition coefficient (Wildman–Crippen LogP) is 2.79. The lowest BCUT2D eigenvalue weighted by atomic mass is 10.1. The molecule has 2 rings (SSSR count). The van der Waals surface area contributed by atoms with Gasteiger partial charge in [0, 0.05) is 5.75 Å². The van der Waals surface area contributed by atoms with Gasteiger partial charge in [-0.05, 0) is 17.2 Å². The summed E-state index contributed by atoms with van der Waals surface area (Å²) in [6.45, 7) is 0. The number of fused-ring (bicyclic) bond motifs is 1. The molecule has 1 aliphatic rings. The van der Waals surface area contributed by atoms with E-state index >= 15 is 0 Å². The summed E-state index contributed by atoms with van der Waals surface area (Å²) >= 11 is 1.48. The van der Waals surface area contributed by atoms with Crippen molar-refractivity contribution in [2.45, 2.75) is 5.75 Å². The smallest absolute Gasteiger partial charge is 0.150 e. The summed E-state index contributed by atoms with van der Waals surface area (Å²) in [5.74, 6) is 0.887. The normalized spacial score (nSPS) is 15.5. The molecule has 0 radical (unpaired) electrons. The zero-order chi connectivity index (χ0) is 7.68. The first-order valence-electron chi connectivity index (χ1n) is 3.47. The molecule has 1 heterocycles. The number of thioether (sulfide) groups is 1. The molecule has 11 heavy (non-hydrogen) atoms. The second-order valence-corrected chi connectivity index (χ2v) is 3.47. The maximum absolute atomic E-state index is 9.18. The molecule has 0 atom stereocenters. The van der Waals surface area contributed by atoms with E-state index in [4.69, 9.17) is 0 Å². The molecule has 0 aromatic heterocycles. The molecule has 56 valence electrons. The van der Waals surface area contributed by atoms with Crippen LogP contribution in [0.15, 0.2) is 29.4 Å². The highest BCUT2D eigenvalue weighted by Gasteiger charge is 2.07. The summed E-state index contributed by atoms with van der Waals surface area (Å²) in [7, 11) is 0. The van der Waals surface area contributed by atoms with Gasteiger partial charge in [-0.15, -0.1) is 0 Å². The van der Waals surface area contributed by atoms with Gasteiger partial charge in [-0.3, -0.25) is 0 Å². The number of benzene rings is 1. The fraction of sp³-hybridized carbons (Fsp3) is 0.111. The standard InChI is InChI=1S/C9H8OS/c10-9-5-7-3-1-2-4-8(7)6-11-9/h1-5,10H,6H2. The van der Waals surface area contributed by atoms with Crippen LogP contribution in [0.2, 0.25) is 0 Å². The molecule has 0 spiro atoms. The first-order valence-corrected chi connectivity index (χ1v) is 4.46. The Bertz CT molecular complexity index is 304. The van der Waals surface area contributed by atoms with E-state index in [-0.39, 0.29) is 0 Å². The van der Waals surface area contributed by atoms with Crippen LogP contribution in [0.3, 0.4) is 0 Å². The quantitative estimate of drug-likeness (QED) is 0.636. The zero-order valence-electron chi connectivity index (χ0n) is 5.95. The Morgan fingerprint density at radius 1 is 1.27 bits per heavy atom. The van der Waals surface area contributed by atoms with Crippen LogP contribution in [0.5, 0.6) is 0 Å². The molecule has 0 saturated carbocycles. The SMILES string of the molecule is OC1=Cc2ccccc2CS1. The Hall–Kier alpha value is -0.890. The lowest BCUT2D eigenvalue weighted by molar-refractivity contribution is 0.460. The van der Waals surface area contributed by atoms with E-state index in [1.165, 1.54) is 17.3 Å². The van der Waals surface area contributed by atoms with Gasteiger partial charge in [-0.25, -0.2) is 0 Å². The van der Waals surface area contributed by atoms with E-state index in [0.29, 0.717) is 5.09 Å². The lowest BCUT2D eigenvalue weighted by Crippen LogP contribution is -1.92. The first-order chi connectivity index (χ1) is 5.36. The van der Waals surface area contributed by atoms with E-state index in [2.05, 4.69) is 6.07 Å². The molecule has 0 fully saturated rings. The molecule has 1 aliphatic heterocycles. The van der Waals surface area contributed by atoms with Crippen LogP contribution in [0, 0.1) is 0 Å². The molecule has 1 nitrogen and oxygen atoms in total. The van der Waals surface area contributed by atoms with Crippen molar-refractivity contribution in [2.75, 3.05) is 0 Å². The second-order valence-electron chi connectivity index (χ2n) is 2.47. The molecule has 0 amide bonds. The Labute approximate surface area is 69.7 Å². The molecule has 1 N–H and O–H groups in total. The van der Waals surface area contributed by atoms with Gasteiger partial charge in [0.05, 0.1) is 0 Å². The van der Waals surface area contributed by atoms with Crippen LogP contribution in [-0.4, -0.2) is 5.11 Å². The average Bonchev–Trinajstić information content (AvgIpc) is 2.04. The van der Waals surface area contributed by atoms with E-state index in [0.717, 1.165) is 11.3 Å². The molecule has 0 bridgehead atoms. The zero-order valence-corrected chi connectivity index (χ0v) is 6.77. The van der Waals surface area contributed by atoms with Gasteiger partial charge >= 0.3 is 0 Å². The van der Waals surface area contributed by atoms with E-state index in [9.17, 15) is 5.11 Å². The molecular formula is C9H8OS. The summed E-state index contributed by atoms with van der Waals surface area (Å²) < 4.78 is 0. The molecule has 0 unspecified atom stereocenters. The van der Waals surface area contributed by atoms with Crippen LogP contribution >= 0.6 is 11.8 Å². The largest absolute Gasteiger partial charge is 0.502 e. The van der Waals surface area contributed by atoms with Gasteiger partial charge in [0.2, 0.25) is 0 Å². The van der Waals surface area contributed by atoms with E-state index in [1.807, 2.05) is 24.3 Å². The fourth-order valence-corrected chi connectivity index (χ4v) is 1.91. The van der Waals surface area contributed by atoms with Crippen LogP contribution in [0.1, 0.15) is 11.1 Å². The topological polar surface area (TPSA) is 20.2 Å². The van der Waals surface area contributed by atoms with Crippen LogP contribution in [0.25, 0.3) is 6.08 Å². The third kappa shape index (κ3) is 1.26. The monoisotopic (exact) mass is 164 g/mol. The third-order valence-corrected chi connectivity index (χ3v) is 2.58. The third-order valence-electron chi connectivity index (χ3n) is 1.71. The van der Waals surface area contributed by atoms with Crippen LogP contribution < -0.4 is 0 Å². The molecule has 2 heteroatoms. The Kier molecular flexibility index (Phi) is 1.62. The van der Waals surface area contributed by atoms with Crippen molar-refractivity contribution in [3.8, 4) is 0 Å². The summed E-state index contributed by atoms with van der Waals surface area (Å²) in [5, 5.41) is 9.60. The van der Waals surface area contributed by atoms with Gasteiger partial charge in [0.1, 0.15) is 0 Å². The summed E-state index contributed by atoms with van der Waals surface area (Å²) in [6, 6.07) is 8.12. The van der Waals surface area contributed by atoms with Gasteiger partial charge in [0.15, 0.2) is 5.09 Å². The number of aliphatic hydroxyl groups is 1. The first kappa shape index (κ1) is 6.80. The number of rotatable bonds is 0. The van der Waals surface area contributed by atoms with Crippen molar-refractivity contribution < 1.29 is 5.11 Å². The minimum absolute atomic E-state index is 0.420. The average molecular weight is 164 g/mol. The molecule has 0 saturated heterocycles. The summed E-state index contributed by atoms with van der Waals surface area (Å²) in [4.78, 5) is 0. The van der Waals surface area contributed by atoms with E-state index < -0.39 is 0 Å². The minimum Gasteiger partial charge on any atom is -0.502 e. The van der Waals surface area contributed by atoms with Gasteiger partial charge in [-0.2, -0.15) is 0 Å². The van der Waals surface area contributed by atoms with Crippen LogP contribution in [0.4, 0.5) is 0 Å². The van der Waals surface area contributed by atoms with Crippen molar-refractivity contribution in [1.82, 2.24) is 0 Å².